The number of piperazine rings is 1. The van der Waals surface area contributed by atoms with Crippen LogP contribution in [0.25, 0.3) is 0 Å². The molecule has 0 saturated carbocycles. The summed E-state index contributed by atoms with van der Waals surface area (Å²) >= 11 is 0. The maximum atomic E-state index is 12.7. The number of pyridine rings is 1. The number of hydrogen-bond acceptors (Lipinski definition) is 4. The fourth-order valence-electron chi connectivity index (χ4n) is 3.34. The number of piperidine rings is 1. The van der Waals surface area contributed by atoms with E-state index in [-0.39, 0.29) is 5.91 Å². The summed E-state index contributed by atoms with van der Waals surface area (Å²) in [4.78, 5) is 21.4. The summed E-state index contributed by atoms with van der Waals surface area (Å²) in [6.07, 6.45) is 3.73. The Hall–Kier alpha value is -1.62. The first-order valence-corrected chi connectivity index (χ1v) is 8.25. The fourth-order valence-corrected chi connectivity index (χ4v) is 3.34. The van der Waals surface area contributed by atoms with Gasteiger partial charge in [-0.1, -0.05) is 6.92 Å². The summed E-state index contributed by atoms with van der Waals surface area (Å²) in [6, 6.07) is 4.90. The zero-order valence-corrected chi connectivity index (χ0v) is 13.7. The van der Waals surface area contributed by atoms with Gasteiger partial charge in [0.25, 0.3) is 5.91 Å². The number of amides is 1. The topological polar surface area (TPSA) is 45.7 Å². The van der Waals surface area contributed by atoms with E-state index in [4.69, 9.17) is 4.74 Å². The highest BCUT2D eigenvalue weighted by molar-refractivity contribution is 5.95. The van der Waals surface area contributed by atoms with Crippen molar-refractivity contribution in [2.45, 2.75) is 51.7 Å². The van der Waals surface area contributed by atoms with Crippen molar-refractivity contribution in [3.05, 3.63) is 23.9 Å². The molecule has 0 spiro atoms. The maximum Gasteiger partial charge on any atom is 0.256 e. The van der Waals surface area contributed by atoms with Gasteiger partial charge in [-0.3, -0.25) is 9.69 Å². The van der Waals surface area contributed by atoms with Crippen molar-refractivity contribution in [1.82, 2.24) is 14.8 Å². The number of nitrogens with zero attached hydrogens (tertiary/aromatic N) is 3. The minimum absolute atomic E-state index is 0.110. The highest BCUT2D eigenvalue weighted by Gasteiger charge is 2.47. The summed E-state index contributed by atoms with van der Waals surface area (Å²) in [6.45, 7) is 9.13. The van der Waals surface area contributed by atoms with Gasteiger partial charge in [-0.25, -0.2) is 4.98 Å². The third kappa shape index (κ3) is 2.82. The van der Waals surface area contributed by atoms with Gasteiger partial charge in [-0.05, 0) is 32.8 Å². The molecule has 22 heavy (non-hydrogen) atoms. The van der Waals surface area contributed by atoms with Crippen LogP contribution in [0.5, 0.6) is 5.88 Å². The lowest BCUT2D eigenvalue weighted by atomic mass is 9.86. The van der Waals surface area contributed by atoms with Crippen LogP contribution >= 0.6 is 0 Å². The number of fused-ring (bicyclic) bond motifs is 2. The van der Waals surface area contributed by atoms with Crippen LogP contribution in [0.2, 0.25) is 0 Å². The molecule has 0 radical (unpaired) electrons. The van der Waals surface area contributed by atoms with E-state index in [0.717, 1.165) is 25.9 Å². The van der Waals surface area contributed by atoms with E-state index < -0.39 is 0 Å². The first-order valence-electron chi connectivity index (χ1n) is 8.25. The number of ether oxygens (including phenoxy) is 1. The average molecular weight is 303 g/mol. The van der Waals surface area contributed by atoms with E-state index >= 15 is 0 Å². The smallest absolute Gasteiger partial charge is 0.256 e. The molecule has 2 bridgehead atoms. The summed E-state index contributed by atoms with van der Waals surface area (Å²) < 4.78 is 5.46. The lowest BCUT2D eigenvalue weighted by Crippen LogP contribution is -2.70. The normalized spacial score (nSPS) is 24.3. The van der Waals surface area contributed by atoms with Crippen LogP contribution in [-0.4, -0.2) is 58.5 Å². The van der Waals surface area contributed by atoms with Gasteiger partial charge in [0, 0.05) is 43.5 Å². The largest absolute Gasteiger partial charge is 0.478 e. The molecule has 1 amide bonds. The van der Waals surface area contributed by atoms with Gasteiger partial charge in [-0.15, -0.1) is 0 Å². The van der Waals surface area contributed by atoms with Gasteiger partial charge >= 0.3 is 0 Å². The van der Waals surface area contributed by atoms with Crippen LogP contribution < -0.4 is 4.74 Å². The Morgan fingerprint density at radius 3 is 2.64 bits per heavy atom. The molecule has 2 unspecified atom stereocenters. The summed E-state index contributed by atoms with van der Waals surface area (Å²) in [7, 11) is 0. The van der Waals surface area contributed by atoms with Crippen molar-refractivity contribution >= 4 is 5.91 Å². The van der Waals surface area contributed by atoms with Crippen LogP contribution in [0.3, 0.4) is 0 Å². The molecule has 0 aromatic carbocycles. The van der Waals surface area contributed by atoms with Crippen molar-refractivity contribution in [1.29, 1.82) is 0 Å². The second-order valence-corrected chi connectivity index (χ2v) is 6.54. The number of rotatable bonds is 5. The van der Waals surface area contributed by atoms with Crippen molar-refractivity contribution in [2.75, 3.05) is 19.7 Å². The molecule has 5 nitrogen and oxygen atoms in total. The quantitative estimate of drug-likeness (QED) is 0.836. The second-order valence-electron chi connectivity index (χ2n) is 6.54. The molecule has 2 aliphatic rings. The average Bonchev–Trinajstić information content (AvgIpc) is 2.53. The predicted molar refractivity (Wildman–Crippen MR) is 85.1 cm³/mol. The van der Waals surface area contributed by atoms with Crippen molar-refractivity contribution in [2.24, 2.45) is 0 Å². The molecular weight excluding hydrogens is 278 g/mol. The Balaban J connectivity index is 1.63. The maximum absolute atomic E-state index is 12.7. The number of carbonyl (C=O) groups is 1. The van der Waals surface area contributed by atoms with Gasteiger partial charge in [0.15, 0.2) is 0 Å². The lowest BCUT2D eigenvalue weighted by Gasteiger charge is -2.57. The first-order chi connectivity index (χ1) is 10.6. The van der Waals surface area contributed by atoms with E-state index in [2.05, 4.69) is 30.7 Å². The van der Waals surface area contributed by atoms with E-state index in [1.54, 1.807) is 12.3 Å². The van der Waals surface area contributed by atoms with Gasteiger partial charge in [0.05, 0.1) is 12.2 Å². The minimum Gasteiger partial charge on any atom is -0.478 e. The van der Waals surface area contributed by atoms with Gasteiger partial charge < -0.3 is 9.64 Å². The van der Waals surface area contributed by atoms with Gasteiger partial charge in [0.1, 0.15) is 0 Å². The Bertz CT molecular complexity index is 517. The van der Waals surface area contributed by atoms with Crippen molar-refractivity contribution in [3.63, 3.8) is 0 Å². The van der Waals surface area contributed by atoms with Crippen LogP contribution in [-0.2, 0) is 0 Å². The van der Waals surface area contributed by atoms with Gasteiger partial charge in [0.2, 0.25) is 5.88 Å². The summed E-state index contributed by atoms with van der Waals surface area (Å²) in [5.74, 6) is 0.701. The molecule has 120 valence electrons. The SMILES string of the molecule is CCCOc1ccc(C(=O)N2C3CC2CN(C(C)C)C3)cn1. The Morgan fingerprint density at radius 1 is 1.36 bits per heavy atom. The third-order valence-electron chi connectivity index (χ3n) is 4.62. The summed E-state index contributed by atoms with van der Waals surface area (Å²) in [5.41, 5.74) is 0.663. The standard InChI is InChI=1S/C17H25N3O2/c1-4-7-22-16-6-5-13(9-18-16)17(21)20-14-8-15(20)11-19(10-14)12(2)3/h5-6,9,12,14-15H,4,7-8,10-11H2,1-3H3. The molecule has 5 heteroatoms. The number of aromatic nitrogens is 1. The molecular formula is C17H25N3O2. The van der Waals surface area contributed by atoms with E-state index in [1.165, 1.54) is 0 Å². The number of hydrogen-bond donors (Lipinski definition) is 0. The molecule has 2 aliphatic heterocycles. The zero-order valence-electron chi connectivity index (χ0n) is 13.7. The fraction of sp³-hybridized carbons (Fsp3) is 0.647. The van der Waals surface area contributed by atoms with Crippen LogP contribution in [0.4, 0.5) is 0 Å². The van der Waals surface area contributed by atoms with Crippen LogP contribution in [0, 0.1) is 0 Å². The van der Waals surface area contributed by atoms with E-state index in [9.17, 15) is 4.79 Å². The molecule has 2 saturated heterocycles. The first kappa shape index (κ1) is 15.3. The monoisotopic (exact) mass is 303 g/mol. The highest BCUT2D eigenvalue weighted by Crippen LogP contribution is 2.34. The number of carbonyl (C=O) groups excluding carboxylic acids is 1. The van der Waals surface area contributed by atoms with Crippen LogP contribution in [0.1, 0.15) is 44.0 Å². The van der Waals surface area contributed by atoms with Crippen LogP contribution in [0.15, 0.2) is 18.3 Å². The van der Waals surface area contributed by atoms with E-state index in [1.807, 2.05) is 11.0 Å². The molecule has 1 aromatic rings. The molecule has 3 heterocycles. The molecule has 2 atom stereocenters. The lowest BCUT2D eigenvalue weighted by molar-refractivity contribution is -0.0563. The Kier molecular flexibility index (Phi) is 4.34. The predicted octanol–water partition coefficient (Wildman–Crippen LogP) is 2.18. The molecule has 2 fully saturated rings. The molecule has 0 aliphatic carbocycles. The molecule has 0 N–H and O–H groups in total. The Morgan fingerprint density at radius 2 is 2.09 bits per heavy atom. The second kappa shape index (κ2) is 6.24. The summed E-state index contributed by atoms with van der Waals surface area (Å²) in [5, 5.41) is 0. The minimum atomic E-state index is 0.110. The van der Waals surface area contributed by atoms with Crippen molar-refractivity contribution < 1.29 is 9.53 Å². The van der Waals surface area contributed by atoms with Crippen molar-refractivity contribution in [3.8, 4) is 5.88 Å². The van der Waals surface area contributed by atoms with Gasteiger partial charge in [-0.2, -0.15) is 0 Å². The zero-order chi connectivity index (χ0) is 15.7. The molecule has 3 rings (SSSR count). The third-order valence-corrected chi connectivity index (χ3v) is 4.62. The molecule has 1 aromatic heterocycles. The number of likely N-dealkylation sites (tertiary alicyclic amines) is 2. The Labute approximate surface area is 132 Å². The van der Waals surface area contributed by atoms with E-state index in [0.29, 0.717) is 36.2 Å². The highest BCUT2D eigenvalue weighted by atomic mass is 16.5.